The van der Waals surface area contributed by atoms with Crippen LogP contribution in [0.5, 0.6) is 5.75 Å². The van der Waals surface area contributed by atoms with Gasteiger partial charge >= 0.3 is 5.97 Å². The van der Waals surface area contributed by atoms with Crippen molar-refractivity contribution in [3.05, 3.63) is 29.8 Å². The Hall–Kier alpha value is -1.51. The quantitative estimate of drug-likeness (QED) is 0.572. The third-order valence-electron chi connectivity index (χ3n) is 1.13. The number of aromatic carboxylic acids is 1. The van der Waals surface area contributed by atoms with Crippen molar-refractivity contribution in [2.45, 2.75) is 0 Å². The number of hydrogen-bond acceptors (Lipinski definition) is 2. The SMILES string of the molecule is O=[13C](O)c1ccccc1O. The van der Waals surface area contributed by atoms with Crippen LogP contribution in [0, 0.1) is 0 Å². The van der Waals surface area contributed by atoms with Crippen LogP contribution in [0.2, 0.25) is 0 Å². The zero-order valence-corrected chi connectivity index (χ0v) is 5.11. The molecule has 1 aromatic rings. The number of rotatable bonds is 1. The lowest BCUT2D eigenvalue weighted by Crippen LogP contribution is -1.95. The first-order valence-electron chi connectivity index (χ1n) is 2.73. The summed E-state index contributed by atoms with van der Waals surface area (Å²) in [6.07, 6.45) is 0. The number of carboxylic acid groups (broad SMARTS) is 1. The van der Waals surface area contributed by atoms with Gasteiger partial charge in [0.1, 0.15) is 11.3 Å². The summed E-state index contributed by atoms with van der Waals surface area (Å²) in [5, 5.41) is 17.3. The number of para-hydroxylation sites is 1. The molecule has 1 aromatic carbocycles. The fraction of sp³-hybridized carbons (Fsp3) is 0. The van der Waals surface area contributed by atoms with Gasteiger partial charge in [-0.2, -0.15) is 0 Å². The van der Waals surface area contributed by atoms with Crippen LogP contribution < -0.4 is 0 Å². The van der Waals surface area contributed by atoms with Crippen LogP contribution in [0.4, 0.5) is 0 Å². The average Bonchev–Trinajstić information content (AvgIpc) is 1.88. The molecule has 0 spiro atoms. The van der Waals surface area contributed by atoms with E-state index in [9.17, 15) is 4.79 Å². The second-order valence-corrected chi connectivity index (χ2v) is 1.82. The monoisotopic (exact) mass is 139 g/mol. The van der Waals surface area contributed by atoms with Crippen LogP contribution in [-0.4, -0.2) is 16.2 Å². The molecule has 2 N–H and O–H groups in total. The summed E-state index contributed by atoms with van der Waals surface area (Å²) in [6, 6.07) is 5.81. The van der Waals surface area contributed by atoms with E-state index in [1.807, 2.05) is 0 Å². The molecule has 52 valence electrons. The Bertz CT molecular complexity index is 255. The molecule has 0 aliphatic heterocycles. The number of carbonyl (C=O) groups is 1. The van der Waals surface area contributed by atoms with Gasteiger partial charge in [-0.3, -0.25) is 0 Å². The maximum atomic E-state index is 10.3. The molecule has 0 aliphatic carbocycles. The standard InChI is InChI=1S/C7H6O3/c8-6-4-2-1-3-5(6)7(9)10/h1-4,8H,(H,9,10)/i7+1. The molecule has 0 aromatic heterocycles. The van der Waals surface area contributed by atoms with E-state index in [1.54, 1.807) is 12.1 Å². The first-order valence-corrected chi connectivity index (χ1v) is 2.73. The predicted octanol–water partition coefficient (Wildman–Crippen LogP) is 1.09. The van der Waals surface area contributed by atoms with Gasteiger partial charge in [-0.1, -0.05) is 12.1 Å². The van der Waals surface area contributed by atoms with Gasteiger partial charge in [0, 0.05) is 0 Å². The highest BCUT2D eigenvalue weighted by Crippen LogP contribution is 2.14. The van der Waals surface area contributed by atoms with E-state index in [4.69, 9.17) is 10.2 Å². The van der Waals surface area contributed by atoms with Crippen molar-refractivity contribution in [3.63, 3.8) is 0 Å². The summed E-state index contributed by atoms with van der Waals surface area (Å²) >= 11 is 0. The lowest BCUT2D eigenvalue weighted by atomic mass is 10.3. The third kappa shape index (κ3) is 1.07. The Morgan fingerprint density at radius 2 is 1.90 bits per heavy atom. The first-order chi connectivity index (χ1) is 4.72. The van der Waals surface area contributed by atoms with Gasteiger partial charge in [0.2, 0.25) is 0 Å². The van der Waals surface area contributed by atoms with E-state index in [0.29, 0.717) is 0 Å². The summed E-state index contributed by atoms with van der Waals surface area (Å²) < 4.78 is 0. The summed E-state index contributed by atoms with van der Waals surface area (Å²) in [5.41, 5.74) is -0.0671. The molecule has 3 nitrogen and oxygen atoms in total. The minimum absolute atomic E-state index is 0.0671. The van der Waals surface area contributed by atoms with Crippen LogP contribution in [0.1, 0.15) is 10.4 Å². The number of carboxylic acids is 1. The first kappa shape index (κ1) is 6.61. The van der Waals surface area contributed by atoms with E-state index in [0.717, 1.165) is 0 Å². The molecule has 0 radical (unpaired) electrons. The summed E-state index contributed by atoms with van der Waals surface area (Å²) in [4.78, 5) is 10.3. The van der Waals surface area contributed by atoms with E-state index < -0.39 is 5.97 Å². The minimum Gasteiger partial charge on any atom is -0.507 e. The maximum absolute atomic E-state index is 10.3. The van der Waals surface area contributed by atoms with Gasteiger partial charge in [0.05, 0.1) is 0 Å². The molecule has 10 heavy (non-hydrogen) atoms. The van der Waals surface area contributed by atoms with Gasteiger partial charge in [0.25, 0.3) is 0 Å². The van der Waals surface area contributed by atoms with Crippen molar-refractivity contribution in [1.82, 2.24) is 0 Å². The Balaban J connectivity index is 3.15. The molecule has 0 saturated carbocycles. The Labute approximate surface area is 57.5 Å². The largest absolute Gasteiger partial charge is 0.507 e. The zero-order valence-electron chi connectivity index (χ0n) is 5.11. The number of benzene rings is 1. The normalized spacial score (nSPS) is 9.20. The average molecular weight is 139 g/mol. The van der Waals surface area contributed by atoms with E-state index in [1.165, 1.54) is 12.1 Å². The van der Waals surface area contributed by atoms with Gasteiger partial charge in [-0.05, 0) is 12.1 Å². The zero-order chi connectivity index (χ0) is 7.56. The van der Waals surface area contributed by atoms with Crippen LogP contribution >= 0.6 is 0 Å². The lowest BCUT2D eigenvalue weighted by molar-refractivity contribution is 0.0694. The second-order valence-electron chi connectivity index (χ2n) is 1.82. The van der Waals surface area contributed by atoms with Gasteiger partial charge in [-0.25, -0.2) is 4.79 Å². The van der Waals surface area contributed by atoms with Gasteiger partial charge in [0.15, 0.2) is 0 Å². The molecule has 0 fully saturated rings. The van der Waals surface area contributed by atoms with Crippen molar-refractivity contribution in [3.8, 4) is 5.75 Å². The Morgan fingerprint density at radius 3 is 2.30 bits per heavy atom. The van der Waals surface area contributed by atoms with Crippen molar-refractivity contribution < 1.29 is 15.0 Å². The van der Waals surface area contributed by atoms with Gasteiger partial charge in [-0.15, -0.1) is 0 Å². The molecule has 0 atom stereocenters. The number of aromatic hydroxyl groups is 1. The molecule has 0 heterocycles. The smallest absolute Gasteiger partial charge is 0.339 e. The topological polar surface area (TPSA) is 57.5 Å². The van der Waals surface area contributed by atoms with E-state index >= 15 is 0 Å². The van der Waals surface area contributed by atoms with Crippen molar-refractivity contribution >= 4 is 5.97 Å². The minimum atomic E-state index is -1.11. The molecule has 0 unspecified atom stereocenters. The molecular weight excluding hydrogens is 133 g/mol. The van der Waals surface area contributed by atoms with Crippen molar-refractivity contribution in [2.24, 2.45) is 0 Å². The highest BCUT2D eigenvalue weighted by molar-refractivity contribution is 5.90. The molecule has 0 saturated heterocycles. The predicted molar refractivity (Wildman–Crippen MR) is 35.1 cm³/mol. The Morgan fingerprint density at radius 1 is 1.30 bits per heavy atom. The molecular formula is C7H6O3. The third-order valence-corrected chi connectivity index (χ3v) is 1.13. The van der Waals surface area contributed by atoms with Crippen LogP contribution in [0.25, 0.3) is 0 Å². The molecule has 3 heteroatoms. The lowest BCUT2D eigenvalue weighted by Gasteiger charge is -1.95. The fourth-order valence-corrected chi connectivity index (χ4v) is 0.654. The fourth-order valence-electron chi connectivity index (χ4n) is 0.654. The van der Waals surface area contributed by atoms with E-state index in [-0.39, 0.29) is 11.3 Å². The molecule has 0 aliphatic rings. The number of hydrogen-bond donors (Lipinski definition) is 2. The highest BCUT2D eigenvalue weighted by atomic mass is 16.5. The molecule has 1 rings (SSSR count). The Kier molecular flexibility index (Phi) is 1.58. The molecule has 0 bridgehead atoms. The van der Waals surface area contributed by atoms with Crippen molar-refractivity contribution in [1.29, 1.82) is 0 Å². The highest BCUT2D eigenvalue weighted by Gasteiger charge is 2.05. The van der Waals surface area contributed by atoms with E-state index in [2.05, 4.69) is 0 Å². The summed E-state index contributed by atoms with van der Waals surface area (Å²) in [5.74, 6) is -1.31. The summed E-state index contributed by atoms with van der Waals surface area (Å²) in [7, 11) is 0. The van der Waals surface area contributed by atoms with Crippen LogP contribution in [0.15, 0.2) is 24.3 Å². The van der Waals surface area contributed by atoms with Gasteiger partial charge < -0.3 is 10.2 Å². The molecule has 0 amide bonds. The maximum Gasteiger partial charge on any atom is 0.339 e. The van der Waals surface area contributed by atoms with Crippen LogP contribution in [0.3, 0.4) is 0 Å². The van der Waals surface area contributed by atoms with Crippen molar-refractivity contribution in [2.75, 3.05) is 0 Å². The number of phenols is 1. The summed E-state index contributed by atoms with van der Waals surface area (Å²) in [6.45, 7) is 0. The second kappa shape index (κ2) is 2.39. The van der Waals surface area contributed by atoms with Crippen LogP contribution in [-0.2, 0) is 0 Å².